The van der Waals surface area contributed by atoms with E-state index in [9.17, 15) is 0 Å². The van der Waals surface area contributed by atoms with E-state index in [1.807, 2.05) is 0 Å². The van der Waals surface area contributed by atoms with E-state index in [0.29, 0.717) is 0 Å². The standard InChI is InChI=1S/C18H23N3S2/c1-14-9-15(2)11-17(10-14)19-18(22)21-6-4-20(5-7-21)12-16-3-8-23-13-16/h3,8-11,13H,4-7,12H2,1-2H3,(H,19,22)/p+1. The molecule has 122 valence electrons. The number of nitrogens with zero attached hydrogens (tertiary/aromatic N) is 1. The minimum Gasteiger partial charge on any atom is -0.338 e. The first-order valence-electron chi connectivity index (χ1n) is 8.09. The summed E-state index contributed by atoms with van der Waals surface area (Å²) in [5.41, 5.74) is 5.08. The zero-order valence-electron chi connectivity index (χ0n) is 13.8. The van der Waals surface area contributed by atoms with Gasteiger partial charge in [-0.25, -0.2) is 0 Å². The lowest BCUT2D eigenvalue weighted by molar-refractivity contribution is -0.917. The van der Waals surface area contributed by atoms with E-state index in [1.54, 1.807) is 16.2 Å². The molecule has 0 spiro atoms. The Bertz CT molecular complexity index is 639. The molecule has 0 aliphatic carbocycles. The van der Waals surface area contributed by atoms with Crippen molar-refractivity contribution in [2.45, 2.75) is 20.4 Å². The maximum absolute atomic E-state index is 5.60. The molecule has 1 saturated heterocycles. The van der Waals surface area contributed by atoms with E-state index in [-0.39, 0.29) is 0 Å². The van der Waals surface area contributed by atoms with Gasteiger partial charge in [0.15, 0.2) is 5.11 Å². The molecular formula is C18H24N3S2+. The van der Waals surface area contributed by atoms with Crippen molar-refractivity contribution in [3.8, 4) is 0 Å². The molecule has 0 amide bonds. The highest BCUT2D eigenvalue weighted by Gasteiger charge is 2.22. The van der Waals surface area contributed by atoms with Gasteiger partial charge < -0.3 is 15.1 Å². The number of thiophene rings is 1. The topological polar surface area (TPSA) is 19.7 Å². The highest BCUT2D eigenvalue weighted by Crippen LogP contribution is 2.14. The van der Waals surface area contributed by atoms with Gasteiger partial charge in [-0.05, 0) is 66.2 Å². The highest BCUT2D eigenvalue weighted by molar-refractivity contribution is 7.80. The molecule has 1 aromatic carbocycles. The lowest BCUT2D eigenvalue weighted by atomic mass is 10.1. The third kappa shape index (κ3) is 4.53. The highest BCUT2D eigenvalue weighted by atomic mass is 32.1. The molecule has 5 heteroatoms. The van der Waals surface area contributed by atoms with Crippen LogP contribution in [-0.4, -0.2) is 36.2 Å². The summed E-state index contributed by atoms with van der Waals surface area (Å²) < 4.78 is 0. The summed E-state index contributed by atoms with van der Waals surface area (Å²) in [6.07, 6.45) is 0. The van der Waals surface area contributed by atoms with E-state index in [4.69, 9.17) is 12.2 Å². The Labute approximate surface area is 147 Å². The van der Waals surface area contributed by atoms with Crippen molar-refractivity contribution < 1.29 is 4.90 Å². The normalized spacial score (nSPS) is 15.7. The van der Waals surface area contributed by atoms with Gasteiger partial charge in [0, 0.05) is 11.3 Å². The molecule has 2 aromatic rings. The van der Waals surface area contributed by atoms with Gasteiger partial charge in [-0.15, -0.1) is 0 Å². The summed E-state index contributed by atoms with van der Waals surface area (Å²) >= 11 is 7.39. The van der Waals surface area contributed by atoms with Gasteiger partial charge in [0.1, 0.15) is 6.54 Å². The first-order valence-corrected chi connectivity index (χ1v) is 9.44. The molecule has 0 bridgehead atoms. The third-order valence-electron chi connectivity index (χ3n) is 4.26. The second-order valence-corrected chi connectivity index (χ2v) is 7.52. The molecule has 2 N–H and O–H groups in total. The molecule has 0 saturated carbocycles. The number of anilines is 1. The zero-order valence-corrected chi connectivity index (χ0v) is 15.4. The first kappa shape index (κ1) is 16.4. The van der Waals surface area contributed by atoms with E-state index in [2.05, 4.69) is 59.1 Å². The Morgan fingerprint density at radius 2 is 1.91 bits per heavy atom. The minimum atomic E-state index is 0.851. The summed E-state index contributed by atoms with van der Waals surface area (Å²) in [5, 5.41) is 8.67. The summed E-state index contributed by atoms with van der Waals surface area (Å²) in [6.45, 7) is 9.71. The fraction of sp³-hybridized carbons (Fsp3) is 0.389. The summed E-state index contributed by atoms with van der Waals surface area (Å²) in [6, 6.07) is 8.71. The molecular weight excluding hydrogens is 322 g/mol. The predicted molar refractivity (Wildman–Crippen MR) is 102 cm³/mol. The smallest absolute Gasteiger partial charge is 0.173 e. The number of thiocarbonyl (C=S) groups is 1. The van der Waals surface area contributed by atoms with Crippen LogP contribution in [0.25, 0.3) is 0 Å². The summed E-state index contributed by atoms with van der Waals surface area (Å²) in [7, 11) is 0. The molecule has 3 nitrogen and oxygen atoms in total. The molecule has 3 rings (SSSR count). The van der Waals surface area contributed by atoms with E-state index in [0.717, 1.165) is 43.5 Å². The van der Waals surface area contributed by atoms with Crippen LogP contribution in [0.5, 0.6) is 0 Å². The molecule has 1 aromatic heterocycles. The average Bonchev–Trinajstić information content (AvgIpc) is 3.00. The molecule has 0 atom stereocenters. The maximum atomic E-state index is 5.60. The van der Waals surface area contributed by atoms with E-state index >= 15 is 0 Å². The second kappa shape index (κ2) is 7.43. The van der Waals surface area contributed by atoms with Gasteiger partial charge in [-0.3, -0.25) is 0 Å². The number of quaternary nitrogens is 1. The number of piperazine rings is 1. The Kier molecular flexibility index (Phi) is 5.30. The fourth-order valence-electron chi connectivity index (χ4n) is 3.13. The van der Waals surface area contributed by atoms with Crippen LogP contribution in [0.2, 0.25) is 0 Å². The predicted octanol–water partition coefficient (Wildman–Crippen LogP) is 2.46. The maximum Gasteiger partial charge on any atom is 0.173 e. The van der Waals surface area contributed by atoms with Crippen LogP contribution in [0.4, 0.5) is 5.69 Å². The largest absolute Gasteiger partial charge is 0.338 e. The number of hydrogen-bond donors (Lipinski definition) is 2. The number of benzene rings is 1. The van der Waals surface area contributed by atoms with Crippen LogP contribution in [0.3, 0.4) is 0 Å². The molecule has 1 fully saturated rings. The van der Waals surface area contributed by atoms with Crippen LogP contribution in [0.15, 0.2) is 35.0 Å². The van der Waals surface area contributed by atoms with Crippen molar-refractivity contribution in [3.63, 3.8) is 0 Å². The summed E-state index contributed by atoms with van der Waals surface area (Å²) in [4.78, 5) is 3.94. The first-order chi connectivity index (χ1) is 11.1. The van der Waals surface area contributed by atoms with Crippen LogP contribution in [0, 0.1) is 13.8 Å². The lowest BCUT2D eigenvalue weighted by Gasteiger charge is -2.33. The summed E-state index contributed by atoms with van der Waals surface area (Å²) in [5.74, 6) is 0. The van der Waals surface area contributed by atoms with Gasteiger partial charge in [-0.2, -0.15) is 11.3 Å². The number of rotatable bonds is 3. The molecule has 1 aliphatic rings. The Hall–Kier alpha value is -1.43. The lowest BCUT2D eigenvalue weighted by Crippen LogP contribution is -3.13. The average molecular weight is 347 g/mol. The van der Waals surface area contributed by atoms with Crippen LogP contribution < -0.4 is 10.2 Å². The van der Waals surface area contributed by atoms with Crippen molar-refractivity contribution in [2.75, 3.05) is 31.5 Å². The van der Waals surface area contributed by atoms with Crippen LogP contribution in [-0.2, 0) is 6.54 Å². The second-order valence-electron chi connectivity index (χ2n) is 6.35. The van der Waals surface area contributed by atoms with Gasteiger partial charge in [0.05, 0.1) is 26.2 Å². The molecule has 23 heavy (non-hydrogen) atoms. The van der Waals surface area contributed by atoms with Crippen molar-refractivity contribution >= 4 is 34.4 Å². The van der Waals surface area contributed by atoms with Crippen LogP contribution >= 0.6 is 23.6 Å². The third-order valence-corrected chi connectivity index (χ3v) is 5.36. The fourth-order valence-corrected chi connectivity index (χ4v) is 4.10. The Morgan fingerprint density at radius 1 is 1.22 bits per heavy atom. The van der Waals surface area contributed by atoms with Crippen molar-refractivity contribution in [3.05, 3.63) is 51.7 Å². The molecule has 2 heterocycles. The van der Waals surface area contributed by atoms with Crippen LogP contribution in [0.1, 0.15) is 16.7 Å². The van der Waals surface area contributed by atoms with Gasteiger partial charge in [0.25, 0.3) is 0 Å². The Morgan fingerprint density at radius 3 is 2.52 bits per heavy atom. The SMILES string of the molecule is Cc1cc(C)cc(NC(=S)N2CC[NH+](Cc3ccsc3)CC2)c1. The van der Waals surface area contributed by atoms with Gasteiger partial charge in [-0.1, -0.05) is 6.07 Å². The van der Waals surface area contributed by atoms with Crippen molar-refractivity contribution in [2.24, 2.45) is 0 Å². The molecule has 0 radical (unpaired) electrons. The zero-order chi connectivity index (χ0) is 16.2. The van der Waals surface area contributed by atoms with Crippen molar-refractivity contribution in [1.82, 2.24) is 4.90 Å². The van der Waals surface area contributed by atoms with Crippen molar-refractivity contribution in [1.29, 1.82) is 0 Å². The van der Waals surface area contributed by atoms with E-state index < -0.39 is 0 Å². The minimum absolute atomic E-state index is 0.851. The molecule has 0 unspecified atom stereocenters. The number of hydrogen-bond acceptors (Lipinski definition) is 2. The van der Waals surface area contributed by atoms with E-state index in [1.165, 1.54) is 16.7 Å². The van der Waals surface area contributed by atoms with Gasteiger partial charge in [0.2, 0.25) is 0 Å². The monoisotopic (exact) mass is 346 g/mol. The Balaban J connectivity index is 1.51. The van der Waals surface area contributed by atoms with Gasteiger partial charge >= 0.3 is 0 Å². The molecule has 1 aliphatic heterocycles. The number of nitrogens with one attached hydrogen (secondary N) is 2. The number of aryl methyl sites for hydroxylation is 2. The quantitative estimate of drug-likeness (QED) is 0.833.